The maximum atomic E-state index is 13.4. The van der Waals surface area contributed by atoms with Gasteiger partial charge in [-0.05, 0) is 29.7 Å². The van der Waals surface area contributed by atoms with Crippen molar-refractivity contribution < 1.29 is 9.59 Å². The van der Waals surface area contributed by atoms with Crippen LogP contribution in [0.2, 0.25) is 5.02 Å². The van der Waals surface area contributed by atoms with Crippen molar-refractivity contribution in [3.63, 3.8) is 0 Å². The molecule has 1 atom stereocenters. The van der Waals surface area contributed by atoms with Gasteiger partial charge in [0.25, 0.3) is 0 Å². The topological polar surface area (TPSA) is 49.4 Å². The molecule has 1 N–H and O–H groups in total. The molecule has 4 nitrogen and oxygen atoms in total. The smallest absolute Gasteiger partial charge is 0.242 e. The molecule has 0 unspecified atom stereocenters. The molecule has 0 saturated carbocycles. The van der Waals surface area contributed by atoms with Crippen LogP contribution in [0.3, 0.4) is 0 Å². The molecule has 0 aliphatic heterocycles. The molecule has 3 aromatic carbocycles. The van der Waals surface area contributed by atoms with E-state index in [1.165, 1.54) is 11.8 Å². The van der Waals surface area contributed by atoms with Crippen molar-refractivity contribution in [3.05, 3.63) is 106 Å². The lowest BCUT2D eigenvalue weighted by molar-refractivity contribution is -0.139. The van der Waals surface area contributed by atoms with Gasteiger partial charge in [0.05, 0.1) is 5.75 Å². The zero-order valence-corrected chi connectivity index (χ0v) is 20.5. The fourth-order valence-electron chi connectivity index (χ4n) is 3.56. The molecule has 3 rings (SSSR count). The van der Waals surface area contributed by atoms with E-state index in [-0.39, 0.29) is 17.6 Å². The molecule has 0 aromatic heterocycles. The summed E-state index contributed by atoms with van der Waals surface area (Å²) in [6, 6.07) is 24.9. The Morgan fingerprint density at radius 1 is 0.939 bits per heavy atom. The van der Waals surface area contributed by atoms with Crippen molar-refractivity contribution >= 4 is 35.2 Å². The number of carbonyl (C=O) groups is 2. The standard InChI is InChI=1S/C27H29ClN2O2S/c1-20-12-14-22(15-13-20)17-30(25(27(32)29-2)16-21-8-4-3-5-9-21)26(31)19-33-18-23-10-6-7-11-24(23)28/h3-15,25H,16-19H2,1-2H3,(H,29,32)/t25-/m0/s1. The predicted octanol–water partition coefficient (Wildman–Crippen LogP) is 5.27. The second-order valence-electron chi connectivity index (χ2n) is 7.91. The van der Waals surface area contributed by atoms with Gasteiger partial charge >= 0.3 is 0 Å². The van der Waals surface area contributed by atoms with Gasteiger partial charge < -0.3 is 10.2 Å². The molecule has 0 spiro atoms. The Morgan fingerprint density at radius 3 is 2.27 bits per heavy atom. The molecule has 33 heavy (non-hydrogen) atoms. The minimum absolute atomic E-state index is 0.0721. The number of amides is 2. The third-order valence-electron chi connectivity index (χ3n) is 5.43. The maximum Gasteiger partial charge on any atom is 0.242 e. The second kappa shape index (κ2) is 12.5. The largest absolute Gasteiger partial charge is 0.357 e. The SMILES string of the molecule is CNC(=O)[C@H](Cc1ccccc1)N(Cc1ccc(C)cc1)C(=O)CSCc1ccccc1Cl. The predicted molar refractivity (Wildman–Crippen MR) is 137 cm³/mol. The Morgan fingerprint density at radius 2 is 1.61 bits per heavy atom. The molecule has 0 saturated heterocycles. The number of thioether (sulfide) groups is 1. The highest BCUT2D eigenvalue weighted by Gasteiger charge is 2.29. The lowest BCUT2D eigenvalue weighted by atomic mass is 10.0. The van der Waals surface area contributed by atoms with Crippen LogP contribution < -0.4 is 5.32 Å². The van der Waals surface area contributed by atoms with Crippen molar-refractivity contribution in [2.75, 3.05) is 12.8 Å². The average Bonchev–Trinajstić information content (AvgIpc) is 2.83. The molecule has 0 aliphatic rings. The summed E-state index contributed by atoms with van der Waals surface area (Å²) < 4.78 is 0. The van der Waals surface area contributed by atoms with E-state index < -0.39 is 6.04 Å². The van der Waals surface area contributed by atoms with Crippen LogP contribution in [-0.2, 0) is 28.3 Å². The number of carbonyl (C=O) groups excluding carboxylic acids is 2. The first-order valence-electron chi connectivity index (χ1n) is 10.9. The maximum absolute atomic E-state index is 13.4. The van der Waals surface area contributed by atoms with Crippen LogP contribution >= 0.6 is 23.4 Å². The highest BCUT2D eigenvalue weighted by Crippen LogP contribution is 2.22. The van der Waals surface area contributed by atoms with Crippen LogP contribution in [-0.4, -0.2) is 35.6 Å². The van der Waals surface area contributed by atoms with E-state index in [1.54, 1.807) is 11.9 Å². The van der Waals surface area contributed by atoms with Gasteiger partial charge in [-0.1, -0.05) is 90.0 Å². The third-order valence-corrected chi connectivity index (χ3v) is 6.77. The molecule has 0 heterocycles. The Labute approximate surface area is 205 Å². The highest BCUT2D eigenvalue weighted by molar-refractivity contribution is 7.99. The molecular weight excluding hydrogens is 452 g/mol. The van der Waals surface area contributed by atoms with Crippen molar-refractivity contribution in [3.8, 4) is 0 Å². The van der Waals surface area contributed by atoms with Crippen LogP contribution in [0.4, 0.5) is 0 Å². The number of hydrogen-bond acceptors (Lipinski definition) is 3. The monoisotopic (exact) mass is 480 g/mol. The summed E-state index contributed by atoms with van der Waals surface area (Å²) in [6.07, 6.45) is 0.452. The molecule has 6 heteroatoms. The molecule has 0 radical (unpaired) electrons. The summed E-state index contributed by atoms with van der Waals surface area (Å²) in [6.45, 7) is 2.40. The summed E-state index contributed by atoms with van der Waals surface area (Å²) in [5.41, 5.74) is 4.15. The second-order valence-corrected chi connectivity index (χ2v) is 9.30. The van der Waals surface area contributed by atoms with Crippen LogP contribution in [0.1, 0.15) is 22.3 Å². The minimum Gasteiger partial charge on any atom is -0.357 e. The zero-order valence-electron chi connectivity index (χ0n) is 19.0. The van der Waals surface area contributed by atoms with Crippen molar-refractivity contribution in [1.29, 1.82) is 0 Å². The third kappa shape index (κ3) is 7.37. The van der Waals surface area contributed by atoms with Crippen LogP contribution in [0, 0.1) is 6.92 Å². The minimum atomic E-state index is -0.605. The number of nitrogens with zero attached hydrogens (tertiary/aromatic N) is 1. The number of aryl methyl sites for hydroxylation is 1. The summed E-state index contributed by atoms with van der Waals surface area (Å²) in [5, 5.41) is 3.44. The van der Waals surface area contributed by atoms with E-state index >= 15 is 0 Å². The highest BCUT2D eigenvalue weighted by atomic mass is 35.5. The van der Waals surface area contributed by atoms with E-state index in [0.29, 0.717) is 23.7 Å². The number of nitrogens with one attached hydrogen (secondary N) is 1. The van der Waals surface area contributed by atoms with Crippen molar-refractivity contribution in [1.82, 2.24) is 10.2 Å². The number of benzene rings is 3. The number of hydrogen-bond donors (Lipinski definition) is 1. The van der Waals surface area contributed by atoms with Crippen molar-refractivity contribution in [2.45, 2.75) is 31.7 Å². The van der Waals surface area contributed by atoms with Gasteiger partial charge in [0, 0.05) is 30.8 Å². The first-order valence-corrected chi connectivity index (χ1v) is 12.4. The van der Waals surface area contributed by atoms with Gasteiger partial charge in [-0.15, -0.1) is 11.8 Å². The molecule has 0 bridgehead atoms. The molecule has 2 amide bonds. The van der Waals surface area contributed by atoms with E-state index in [9.17, 15) is 9.59 Å². The molecular formula is C27H29ClN2O2S. The Kier molecular flexibility index (Phi) is 9.40. The van der Waals surface area contributed by atoms with Crippen LogP contribution in [0.25, 0.3) is 0 Å². The molecule has 0 aliphatic carbocycles. The Bertz CT molecular complexity index is 1060. The molecule has 3 aromatic rings. The van der Waals surface area contributed by atoms with E-state index in [0.717, 1.165) is 22.3 Å². The van der Waals surface area contributed by atoms with Crippen LogP contribution in [0.15, 0.2) is 78.9 Å². The first-order chi connectivity index (χ1) is 16.0. The van der Waals surface area contributed by atoms with Gasteiger partial charge in [0.1, 0.15) is 6.04 Å². The van der Waals surface area contributed by atoms with Crippen molar-refractivity contribution in [2.24, 2.45) is 0 Å². The number of likely N-dealkylation sites (N-methyl/N-ethyl adjacent to an activating group) is 1. The quantitative estimate of drug-likeness (QED) is 0.430. The van der Waals surface area contributed by atoms with Gasteiger partial charge in [0.15, 0.2) is 0 Å². The number of rotatable bonds is 10. The lowest BCUT2D eigenvalue weighted by Crippen LogP contribution is -2.50. The fraction of sp³-hybridized carbons (Fsp3) is 0.259. The van der Waals surface area contributed by atoms with Gasteiger partial charge in [0.2, 0.25) is 11.8 Å². The number of halogens is 1. The van der Waals surface area contributed by atoms with Gasteiger partial charge in [-0.3, -0.25) is 9.59 Å². The fourth-order valence-corrected chi connectivity index (χ4v) is 4.75. The summed E-state index contributed by atoms with van der Waals surface area (Å²) >= 11 is 7.77. The lowest BCUT2D eigenvalue weighted by Gasteiger charge is -2.31. The van der Waals surface area contributed by atoms with Gasteiger partial charge in [-0.2, -0.15) is 0 Å². The summed E-state index contributed by atoms with van der Waals surface area (Å²) in [7, 11) is 1.61. The van der Waals surface area contributed by atoms with E-state index in [4.69, 9.17) is 11.6 Å². The van der Waals surface area contributed by atoms with Gasteiger partial charge in [-0.25, -0.2) is 0 Å². The summed E-state index contributed by atoms with van der Waals surface area (Å²) in [4.78, 5) is 28.1. The Hall–Kier alpha value is -2.76. The molecule has 0 fully saturated rings. The Balaban J connectivity index is 1.80. The normalized spacial score (nSPS) is 11.6. The summed E-state index contributed by atoms with van der Waals surface area (Å²) in [5.74, 6) is 0.652. The van der Waals surface area contributed by atoms with Crippen LogP contribution in [0.5, 0.6) is 0 Å². The van der Waals surface area contributed by atoms with E-state index in [2.05, 4.69) is 5.32 Å². The average molecular weight is 481 g/mol. The molecule has 172 valence electrons. The zero-order chi connectivity index (χ0) is 23.6. The first kappa shape index (κ1) is 24.9. The van der Waals surface area contributed by atoms with E-state index in [1.807, 2.05) is 85.8 Å².